The van der Waals surface area contributed by atoms with Crippen LogP contribution in [0, 0.1) is 0 Å². The van der Waals surface area contributed by atoms with E-state index in [0.717, 1.165) is 22.8 Å². The fraction of sp³-hybridized carbons (Fsp3) is 0.500. The third kappa shape index (κ3) is 4.78. The second kappa shape index (κ2) is 6.65. The van der Waals surface area contributed by atoms with E-state index >= 15 is 0 Å². The van der Waals surface area contributed by atoms with Crippen LogP contribution >= 0.6 is 11.6 Å². The third-order valence-corrected chi connectivity index (χ3v) is 2.76. The number of halogens is 1. The lowest BCUT2D eigenvalue weighted by Crippen LogP contribution is -2.03. The smallest absolute Gasteiger partial charge is 0.129 e. The first-order valence-corrected chi connectivity index (χ1v) is 6.30. The highest BCUT2D eigenvalue weighted by molar-refractivity contribution is 6.30. The van der Waals surface area contributed by atoms with Gasteiger partial charge in [0.2, 0.25) is 0 Å². The van der Waals surface area contributed by atoms with E-state index in [1.165, 1.54) is 0 Å². The molecular formula is C14H19ClO2. The Labute approximate surface area is 108 Å². The van der Waals surface area contributed by atoms with Crippen LogP contribution in [0.15, 0.2) is 18.2 Å². The minimum atomic E-state index is 0.203. The van der Waals surface area contributed by atoms with Gasteiger partial charge in [0.25, 0.3) is 0 Å². The molecule has 1 aromatic rings. The van der Waals surface area contributed by atoms with E-state index in [2.05, 4.69) is 13.8 Å². The summed E-state index contributed by atoms with van der Waals surface area (Å²) in [6.45, 7) is 6.38. The molecule has 0 spiro atoms. The number of rotatable bonds is 6. The molecule has 2 nitrogen and oxygen atoms in total. The van der Waals surface area contributed by atoms with Gasteiger partial charge in [-0.3, -0.25) is 0 Å². The molecule has 0 atom stereocenters. The van der Waals surface area contributed by atoms with Crippen molar-refractivity contribution in [2.75, 3.05) is 6.61 Å². The molecule has 1 aromatic carbocycles. The number of ether oxygens (including phenoxy) is 1. The van der Waals surface area contributed by atoms with Gasteiger partial charge in [0.1, 0.15) is 11.5 Å². The van der Waals surface area contributed by atoms with E-state index in [-0.39, 0.29) is 5.78 Å². The van der Waals surface area contributed by atoms with Gasteiger partial charge in [-0.1, -0.05) is 25.4 Å². The summed E-state index contributed by atoms with van der Waals surface area (Å²) < 4.78 is 5.69. The minimum Gasteiger partial charge on any atom is -0.493 e. The number of hydrogen-bond donors (Lipinski definition) is 0. The van der Waals surface area contributed by atoms with E-state index in [0.29, 0.717) is 18.9 Å². The quantitative estimate of drug-likeness (QED) is 0.711. The van der Waals surface area contributed by atoms with Crippen molar-refractivity contribution in [3.05, 3.63) is 28.8 Å². The number of carbonyl (C=O) groups is 1. The number of Topliss-reactive ketones (excluding diaryl/α,β-unsaturated/α-hetero) is 1. The van der Waals surface area contributed by atoms with Gasteiger partial charge in [0.15, 0.2) is 0 Å². The Kier molecular flexibility index (Phi) is 5.49. The van der Waals surface area contributed by atoms with E-state index in [1.54, 1.807) is 6.92 Å². The average Bonchev–Trinajstić information content (AvgIpc) is 2.25. The standard InChI is InChI=1S/C14H19ClO2/c1-10(2)13-9-12(15)6-7-14(13)17-8-4-5-11(3)16/h6-7,9-10H,4-5,8H2,1-3H3. The highest BCUT2D eigenvalue weighted by Crippen LogP contribution is 2.29. The van der Waals surface area contributed by atoms with Crippen molar-refractivity contribution in [3.63, 3.8) is 0 Å². The molecule has 94 valence electrons. The fourth-order valence-corrected chi connectivity index (χ4v) is 1.79. The molecule has 0 N–H and O–H groups in total. The van der Waals surface area contributed by atoms with Crippen LogP contribution in [0.4, 0.5) is 0 Å². The lowest BCUT2D eigenvalue weighted by Gasteiger charge is -2.14. The van der Waals surface area contributed by atoms with Crippen molar-refractivity contribution < 1.29 is 9.53 Å². The van der Waals surface area contributed by atoms with Crippen LogP contribution in [0.2, 0.25) is 5.02 Å². The van der Waals surface area contributed by atoms with Crippen molar-refractivity contribution in [3.8, 4) is 5.75 Å². The van der Waals surface area contributed by atoms with Crippen LogP contribution in [0.5, 0.6) is 5.75 Å². The Morgan fingerprint density at radius 1 is 1.41 bits per heavy atom. The molecule has 0 aromatic heterocycles. The van der Waals surface area contributed by atoms with Crippen molar-refractivity contribution in [2.45, 2.75) is 39.5 Å². The first-order chi connectivity index (χ1) is 8.00. The van der Waals surface area contributed by atoms with E-state index in [9.17, 15) is 4.79 Å². The van der Waals surface area contributed by atoms with Gasteiger partial charge in [-0.25, -0.2) is 0 Å². The Bertz CT molecular complexity index is 386. The maximum absolute atomic E-state index is 10.8. The van der Waals surface area contributed by atoms with Gasteiger partial charge in [0.05, 0.1) is 6.61 Å². The van der Waals surface area contributed by atoms with Crippen LogP contribution < -0.4 is 4.74 Å². The number of ketones is 1. The van der Waals surface area contributed by atoms with Crippen LogP contribution in [0.25, 0.3) is 0 Å². The Hall–Kier alpha value is -1.02. The Balaban J connectivity index is 2.61. The molecule has 0 aliphatic rings. The van der Waals surface area contributed by atoms with E-state index in [4.69, 9.17) is 16.3 Å². The van der Waals surface area contributed by atoms with Gasteiger partial charge < -0.3 is 9.53 Å². The zero-order valence-corrected chi connectivity index (χ0v) is 11.4. The molecule has 1 rings (SSSR count). The fourth-order valence-electron chi connectivity index (χ4n) is 1.61. The molecule has 0 radical (unpaired) electrons. The highest BCUT2D eigenvalue weighted by atomic mass is 35.5. The zero-order chi connectivity index (χ0) is 12.8. The second-order valence-electron chi connectivity index (χ2n) is 4.49. The zero-order valence-electron chi connectivity index (χ0n) is 10.6. The summed E-state index contributed by atoms with van der Waals surface area (Å²) in [5, 5.41) is 0.727. The second-order valence-corrected chi connectivity index (χ2v) is 4.93. The predicted molar refractivity (Wildman–Crippen MR) is 71.0 cm³/mol. The molecule has 17 heavy (non-hydrogen) atoms. The molecule has 0 heterocycles. The van der Waals surface area contributed by atoms with Crippen molar-refractivity contribution in [1.82, 2.24) is 0 Å². The largest absolute Gasteiger partial charge is 0.493 e. The average molecular weight is 255 g/mol. The van der Waals surface area contributed by atoms with Crippen molar-refractivity contribution >= 4 is 17.4 Å². The van der Waals surface area contributed by atoms with Gasteiger partial charge >= 0.3 is 0 Å². The Morgan fingerprint density at radius 3 is 2.71 bits per heavy atom. The highest BCUT2D eigenvalue weighted by Gasteiger charge is 2.08. The van der Waals surface area contributed by atoms with Crippen molar-refractivity contribution in [1.29, 1.82) is 0 Å². The minimum absolute atomic E-state index is 0.203. The summed E-state index contributed by atoms with van der Waals surface area (Å²) in [7, 11) is 0. The van der Waals surface area contributed by atoms with E-state index in [1.807, 2.05) is 18.2 Å². The summed E-state index contributed by atoms with van der Waals surface area (Å²) >= 11 is 5.96. The van der Waals surface area contributed by atoms with Crippen molar-refractivity contribution in [2.24, 2.45) is 0 Å². The predicted octanol–water partition coefficient (Wildman–Crippen LogP) is 4.21. The summed E-state index contributed by atoms with van der Waals surface area (Å²) in [6.07, 6.45) is 1.33. The molecule has 0 bridgehead atoms. The Morgan fingerprint density at radius 2 is 2.12 bits per heavy atom. The maximum Gasteiger partial charge on any atom is 0.129 e. The van der Waals surface area contributed by atoms with Gasteiger partial charge in [-0.05, 0) is 43.0 Å². The number of carbonyl (C=O) groups excluding carboxylic acids is 1. The summed E-state index contributed by atoms with van der Waals surface area (Å²) in [6, 6.07) is 5.66. The van der Waals surface area contributed by atoms with Crippen LogP contribution in [0.3, 0.4) is 0 Å². The first kappa shape index (κ1) is 14.0. The van der Waals surface area contributed by atoms with Crippen LogP contribution in [-0.2, 0) is 4.79 Å². The number of benzene rings is 1. The van der Waals surface area contributed by atoms with Gasteiger partial charge in [-0.2, -0.15) is 0 Å². The summed E-state index contributed by atoms with van der Waals surface area (Å²) in [5.41, 5.74) is 1.11. The van der Waals surface area contributed by atoms with Crippen LogP contribution in [-0.4, -0.2) is 12.4 Å². The third-order valence-electron chi connectivity index (χ3n) is 2.52. The molecule has 0 saturated carbocycles. The molecule has 0 aliphatic heterocycles. The summed E-state index contributed by atoms with van der Waals surface area (Å²) in [4.78, 5) is 10.8. The molecule has 0 saturated heterocycles. The lowest BCUT2D eigenvalue weighted by molar-refractivity contribution is -0.117. The van der Waals surface area contributed by atoms with Gasteiger partial charge in [0, 0.05) is 11.4 Å². The maximum atomic E-state index is 10.8. The topological polar surface area (TPSA) is 26.3 Å². The molecule has 0 amide bonds. The van der Waals surface area contributed by atoms with Crippen LogP contribution in [0.1, 0.15) is 45.1 Å². The summed E-state index contributed by atoms with van der Waals surface area (Å²) in [5.74, 6) is 1.44. The molecule has 0 fully saturated rings. The lowest BCUT2D eigenvalue weighted by atomic mass is 10.0. The normalized spacial score (nSPS) is 10.6. The molecular weight excluding hydrogens is 236 g/mol. The molecule has 3 heteroatoms. The molecule has 0 unspecified atom stereocenters. The SMILES string of the molecule is CC(=O)CCCOc1ccc(Cl)cc1C(C)C. The monoisotopic (exact) mass is 254 g/mol. The van der Waals surface area contributed by atoms with E-state index < -0.39 is 0 Å². The number of hydrogen-bond acceptors (Lipinski definition) is 2. The first-order valence-electron chi connectivity index (χ1n) is 5.92. The molecule has 0 aliphatic carbocycles. The van der Waals surface area contributed by atoms with Gasteiger partial charge in [-0.15, -0.1) is 0 Å².